The van der Waals surface area contributed by atoms with Crippen LogP contribution in [-0.4, -0.2) is 52.6 Å². The van der Waals surface area contributed by atoms with Crippen LogP contribution < -0.4 is 5.32 Å². The Balaban J connectivity index is 1.59. The first-order valence-corrected chi connectivity index (χ1v) is 9.50. The highest BCUT2D eigenvalue weighted by atomic mass is 16.2. The van der Waals surface area contributed by atoms with E-state index in [1.807, 2.05) is 37.3 Å². The maximum Gasteiger partial charge on any atom is 0.262 e. The molecule has 1 unspecified atom stereocenters. The highest BCUT2D eigenvalue weighted by Crippen LogP contribution is 2.24. The molecule has 1 N–H and O–H groups in total. The summed E-state index contributed by atoms with van der Waals surface area (Å²) in [5, 5.41) is 2.55. The van der Waals surface area contributed by atoms with Crippen LogP contribution >= 0.6 is 0 Å². The lowest BCUT2D eigenvalue weighted by molar-refractivity contribution is -0.134. The lowest BCUT2D eigenvalue weighted by Gasteiger charge is -2.24. The van der Waals surface area contributed by atoms with Crippen molar-refractivity contribution in [2.24, 2.45) is 0 Å². The number of carbonyl (C=O) groups excluding carboxylic acids is 4. The van der Waals surface area contributed by atoms with E-state index >= 15 is 0 Å². The Morgan fingerprint density at radius 3 is 2.07 bits per heavy atom. The average molecular weight is 393 g/mol. The lowest BCUT2D eigenvalue weighted by Crippen LogP contribution is -2.50. The number of imide groups is 1. The average Bonchev–Trinajstić information content (AvgIpc) is 3.00. The molecule has 1 heterocycles. The number of fused-ring (bicyclic) bond motifs is 1. The van der Waals surface area contributed by atoms with Crippen molar-refractivity contribution in [1.82, 2.24) is 15.1 Å². The number of likely N-dealkylation sites (N-methyl/N-ethyl adjacent to an activating group) is 1. The molecule has 7 nitrogen and oxygen atoms in total. The molecule has 2 aromatic carbocycles. The first-order valence-electron chi connectivity index (χ1n) is 9.50. The Morgan fingerprint density at radius 1 is 0.966 bits per heavy atom. The van der Waals surface area contributed by atoms with Gasteiger partial charge in [0, 0.05) is 13.1 Å². The van der Waals surface area contributed by atoms with Crippen LogP contribution in [0.3, 0.4) is 0 Å². The van der Waals surface area contributed by atoms with Crippen molar-refractivity contribution >= 4 is 23.6 Å². The first-order chi connectivity index (χ1) is 13.9. The Hall–Kier alpha value is -3.48. The molecule has 0 saturated carbocycles. The molecule has 1 aliphatic rings. The summed E-state index contributed by atoms with van der Waals surface area (Å²) in [5.41, 5.74) is 1.56. The Morgan fingerprint density at radius 2 is 1.52 bits per heavy atom. The Bertz CT molecular complexity index is 907. The summed E-state index contributed by atoms with van der Waals surface area (Å²) < 4.78 is 0. The van der Waals surface area contributed by atoms with Gasteiger partial charge in [0.1, 0.15) is 6.04 Å². The van der Waals surface area contributed by atoms with Crippen LogP contribution in [-0.2, 0) is 16.1 Å². The predicted molar refractivity (Wildman–Crippen MR) is 107 cm³/mol. The number of nitrogens with one attached hydrogen (secondary N) is 1. The molecule has 4 amide bonds. The monoisotopic (exact) mass is 393 g/mol. The molecule has 0 aromatic heterocycles. The summed E-state index contributed by atoms with van der Waals surface area (Å²) >= 11 is 0. The molecule has 2 aromatic rings. The van der Waals surface area contributed by atoms with Gasteiger partial charge in [-0.25, -0.2) is 0 Å². The molecule has 0 aliphatic carbocycles. The first kappa shape index (κ1) is 20.3. The van der Waals surface area contributed by atoms with Gasteiger partial charge in [0.25, 0.3) is 11.8 Å². The number of benzene rings is 2. The van der Waals surface area contributed by atoms with Crippen molar-refractivity contribution in [2.75, 3.05) is 13.1 Å². The van der Waals surface area contributed by atoms with Crippen molar-refractivity contribution in [3.05, 3.63) is 71.3 Å². The van der Waals surface area contributed by atoms with Gasteiger partial charge in [-0.1, -0.05) is 42.5 Å². The zero-order valence-corrected chi connectivity index (χ0v) is 16.4. The molecule has 0 bridgehead atoms. The van der Waals surface area contributed by atoms with E-state index in [-0.39, 0.29) is 23.6 Å². The molecule has 29 heavy (non-hydrogen) atoms. The summed E-state index contributed by atoms with van der Waals surface area (Å²) in [5.74, 6) is -1.79. The second-order valence-electron chi connectivity index (χ2n) is 6.81. The molecular weight excluding hydrogens is 370 g/mol. The lowest BCUT2D eigenvalue weighted by atomic mass is 10.1. The van der Waals surface area contributed by atoms with Crippen molar-refractivity contribution < 1.29 is 19.2 Å². The number of nitrogens with zero attached hydrogens (tertiary/aromatic N) is 2. The van der Waals surface area contributed by atoms with Crippen LogP contribution in [0.15, 0.2) is 54.6 Å². The van der Waals surface area contributed by atoms with E-state index in [1.54, 1.807) is 29.2 Å². The third kappa shape index (κ3) is 4.18. The van der Waals surface area contributed by atoms with E-state index in [2.05, 4.69) is 5.32 Å². The molecule has 150 valence electrons. The highest BCUT2D eigenvalue weighted by Gasteiger charge is 2.40. The van der Waals surface area contributed by atoms with Gasteiger partial charge in [0.15, 0.2) is 0 Å². The minimum Gasteiger partial charge on any atom is -0.345 e. The molecule has 0 fully saturated rings. The van der Waals surface area contributed by atoms with E-state index in [0.29, 0.717) is 13.1 Å². The predicted octanol–water partition coefficient (Wildman–Crippen LogP) is 1.84. The molecule has 0 spiro atoms. The zero-order chi connectivity index (χ0) is 21.0. The maximum atomic E-state index is 12.5. The van der Waals surface area contributed by atoms with Gasteiger partial charge in [-0.05, 0) is 31.5 Å². The Labute approximate surface area is 169 Å². The normalized spacial score (nSPS) is 13.8. The van der Waals surface area contributed by atoms with E-state index in [1.165, 1.54) is 6.92 Å². The number of hydrogen-bond acceptors (Lipinski definition) is 4. The summed E-state index contributed by atoms with van der Waals surface area (Å²) in [6.45, 7) is 4.08. The van der Waals surface area contributed by atoms with Gasteiger partial charge >= 0.3 is 0 Å². The van der Waals surface area contributed by atoms with Crippen molar-refractivity contribution in [1.29, 1.82) is 0 Å². The molecule has 1 atom stereocenters. The number of hydrogen-bond donors (Lipinski definition) is 1. The second-order valence-corrected chi connectivity index (χ2v) is 6.81. The fourth-order valence-corrected chi connectivity index (χ4v) is 3.28. The van der Waals surface area contributed by atoms with Crippen molar-refractivity contribution in [2.45, 2.75) is 26.4 Å². The van der Waals surface area contributed by atoms with E-state index in [0.717, 1.165) is 10.5 Å². The third-order valence-electron chi connectivity index (χ3n) is 4.96. The van der Waals surface area contributed by atoms with Gasteiger partial charge in [-0.3, -0.25) is 24.1 Å². The molecular formula is C22H23N3O4. The van der Waals surface area contributed by atoms with Gasteiger partial charge in [0.2, 0.25) is 11.8 Å². The SMILES string of the molecule is CCN(Cc1ccccc1)C(=O)CNC(=O)C(C)N1C(=O)c2ccccc2C1=O. The number of carbonyl (C=O) groups is 4. The van der Waals surface area contributed by atoms with Gasteiger partial charge in [0.05, 0.1) is 17.7 Å². The summed E-state index contributed by atoms with van der Waals surface area (Å²) in [6, 6.07) is 15.0. The smallest absolute Gasteiger partial charge is 0.262 e. The minimum absolute atomic E-state index is 0.201. The van der Waals surface area contributed by atoms with Gasteiger partial charge < -0.3 is 10.2 Å². The third-order valence-corrected chi connectivity index (χ3v) is 4.96. The molecule has 7 heteroatoms. The fourth-order valence-electron chi connectivity index (χ4n) is 3.28. The Kier molecular flexibility index (Phi) is 6.07. The van der Waals surface area contributed by atoms with Crippen LogP contribution in [0.1, 0.15) is 40.1 Å². The van der Waals surface area contributed by atoms with Crippen LogP contribution in [0.2, 0.25) is 0 Å². The van der Waals surface area contributed by atoms with Crippen molar-refractivity contribution in [3.8, 4) is 0 Å². The molecule has 3 rings (SSSR count). The van der Waals surface area contributed by atoms with Crippen LogP contribution in [0.4, 0.5) is 0 Å². The second kappa shape index (κ2) is 8.68. The van der Waals surface area contributed by atoms with Gasteiger partial charge in [-0.15, -0.1) is 0 Å². The summed E-state index contributed by atoms with van der Waals surface area (Å²) in [6.07, 6.45) is 0. The van der Waals surface area contributed by atoms with Crippen LogP contribution in [0.25, 0.3) is 0 Å². The fraction of sp³-hybridized carbons (Fsp3) is 0.273. The zero-order valence-electron chi connectivity index (χ0n) is 16.4. The standard InChI is InChI=1S/C22H23N3O4/c1-3-24(14-16-9-5-4-6-10-16)19(26)13-23-20(27)15(2)25-21(28)17-11-7-8-12-18(17)22(25)29/h4-12,15H,3,13-14H2,1-2H3,(H,23,27). The molecule has 0 saturated heterocycles. The van der Waals surface area contributed by atoms with Gasteiger partial charge in [-0.2, -0.15) is 0 Å². The van der Waals surface area contributed by atoms with Crippen molar-refractivity contribution in [3.63, 3.8) is 0 Å². The summed E-state index contributed by atoms with van der Waals surface area (Å²) in [4.78, 5) is 52.6. The molecule has 1 aliphatic heterocycles. The number of amides is 4. The minimum atomic E-state index is -1.01. The topological polar surface area (TPSA) is 86.8 Å². The van der Waals surface area contributed by atoms with E-state index in [4.69, 9.17) is 0 Å². The molecule has 0 radical (unpaired) electrons. The van der Waals surface area contributed by atoms with Crippen LogP contribution in [0, 0.1) is 0 Å². The highest BCUT2D eigenvalue weighted by molar-refractivity contribution is 6.22. The number of rotatable bonds is 7. The largest absolute Gasteiger partial charge is 0.345 e. The summed E-state index contributed by atoms with van der Waals surface area (Å²) in [7, 11) is 0. The quantitative estimate of drug-likeness (QED) is 0.727. The van der Waals surface area contributed by atoms with Crippen LogP contribution in [0.5, 0.6) is 0 Å². The van der Waals surface area contributed by atoms with E-state index < -0.39 is 23.8 Å². The van der Waals surface area contributed by atoms with E-state index in [9.17, 15) is 19.2 Å². The maximum absolute atomic E-state index is 12.5.